The van der Waals surface area contributed by atoms with E-state index in [9.17, 15) is 4.79 Å². The molecule has 0 radical (unpaired) electrons. The zero-order chi connectivity index (χ0) is 11.4. The number of amidine groups is 1. The molecule has 2 fully saturated rings. The maximum atomic E-state index is 10.6. The van der Waals surface area contributed by atoms with Crippen molar-refractivity contribution in [2.24, 2.45) is 10.7 Å². The van der Waals surface area contributed by atoms with E-state index in [0.29, 0.717) is 18.5 Å². The largest absolute Gasteiger partial charge is 0.370 e. The van der Waals surface area contributed by atoms with Crippen LogP contribution in [-0.4, -0.2) is 28.9 Å². The highest BCUT2D eigenvalue weighted by Crippen LogP contribution is 2.35. The number of amides is 1. The molecule has 1 amide bonds. The van der Waals surface area contributed by atoms with E-state index in [1.54, 1.807) is 11.8 Å². The summed E-state index contributed by atoms with van der Waals surface area (Å²) in [5.74, 6) is 0.849. The highest BCUT2D eigenvalue weighted by Gasteiger charge is 2.37. The molecule has 90 valence electrons. The van der Waals surface area contributed by atoms with Crippen LogP contribution >= 0.6 is 11.8 Å². The molecule has 1 saturated heterocycles. The third-order valence-corrected chi connectivity index (χ3v) is 4.48. The van der Waals surface area contributed by atoms with Crippen molar-refractivity contribution in [3.05, 3.63) is 0 Å². The van der Waals surface area contributed by atoms with Gasteiger partial charge in [0.1, 0.15) is 0 Å². The zero-order valence-electron chi connectivity index (χ0n) is 9.50. The summed E-state index contributed by atoms with van der Waals surface area (Å²) < 4.78 is 0. The lowest BCUT2D eigenvalue weighted by atomic mass is 9.83. The van der Waals surface area contributed by atoms with Crippen molar-refractivity contribution in [3.8, 4) is 0 Å². The summed E-state index contributed by atoms with van der Waals surface area (Å²) in [5, 5.41) is 4.54. The Morgan fingerprint density at radius 1 is 1.44 bits per heavy atom. The molecule has 2 rings (SSSR count). The van der Waals surface area contributed by atoms with E-state index < -0.39 is 0 Å². The van der Waals surface area contributed by atoms with Crippen LogP contribution in [-0.2, 0) is 4.79 Å². The Bertz CT molecular complexity index is 298. The van der Waals surface area contributed by atoms with Gasteiger partial charge in [-0.1, -0.05) is 31.0 Å². The molecule has 2 aliphatic rings. The van der Waals surface area contributed by atoms with Crippen LogP contribution in [0.4, 0.5) is 0 Å². The first kappa shape index (κ1) is 11.8. The van der Waals surface area contributed by atoms with Gasteiger partial charge in [0.25, 0.3) is 0 Å². The maximum Gasteiger partial charge on any atom is 0.219 e. The summed E-state index contributed by atoms with van der Waals surface area (Å²) in [6.07, 6.45) is 6.87. The first-order valence-electron chi connectivity index (χ1n) is 5.94. The van der Waals surface area contributed by atoms with Crippen LogP contribution in [0.15, 0.2) is 4.99 Å². The molecule has 0 unspecified atom stereocenters. The van der Waals surface area contributed by atoms with Crippen LogP contribution in [0, 0.1) is 0 Å². The van der Waals surface area contributed by atoms with Crippen LogP contribution in [0.5, 0.6) is 0 Å². The van der Waals surface area contributed by atoms with Gasteiger partial charge in [-0.05, 0) is 12.8 Å². The lowest BCUT2D eigenvalue weighted by Crippen LogP contribution is -2.45. The highest BCUT2D eigenvalue weighted by molar-refractivity contribution is 8.14. The number of carbonyl (C=O) groups excluding carboxylic acids is 1. The van der Waals surface area contributed by atoms with Gasteiger partial charge >= 0.3 is 0 Å². The molecule has 1 aliphatic carbocycles. The fraction of sp³-hybridized carbons (Fsp3) is 0.818. The normalized spacial score (nSPS) is 25.9. The van der Waals surface area contributed by atoms with Gasteiger partial charge in [-0.15, -0.1) is 0 Å². The zero-order valence-corrected chi connectivity index (χ0v) is 10.3. The third kappa shape index (κ3) is 2.90. The second kappa shape index (κ2) is 5.08. The second-order valence-electron chi connectivity index (χ2n) is 4.66. The molecule has 16 heavy (non-hydrogen) atoms. The van der Waals surface area contributed by atoms with Crippen molar-refractivity contribution in [3.63, 3.8) is 0 Å². The molecule has 1 aliphatic heterocycles. The van der Waals surface area contributed by atoms with Crippen molar-refractivity contribution in [1.82, 2.24) is 5.32 Å². The minimum atomic E-state index is -0.278. The number of nitrogens with two attached hydrogens (primary N) is 1. The highest BCUT2D eigenvalue weighted by atomic mass is 32.2. The molecule has 4 nitrogen and oxygen atoms in total. The van der Waals surface area contributed by atoms with E-state index in [1.807, 2.05) is 0 Å². The summed E-state index contributed by atoms with van der Waals surface area (Å²) in [7, 11) is 0. The fourth-order valence-corrected chi connectivity index (χ4v) is 3.60. The molecule has 1 saturated carbocycles. The number of rotatable bonds is 3. The van der Waals surface area contributed by atoms with Crippen LogP contribution in [0.1, 0.15) is 38.5 Å². The fourth-order valence-electron chi connectivity index (χ4n) is 2.36. The predicted octanol–water partition coefficient (Wildman–Crippen LogP) is 1.26. The Morgan fingerprint density at radius 3 is 2.88 bits per heavy atom. The number of carbonyl (C=O) groups is 1. The van der Waals surface area contributed by atoms with Crippen LogP contribution in [0.25, 0.3) is 0 Å². The van der Waals surface area contributed by atoms with Crippen LogP contribution in [0.3, 0.4) is 0 Å². The molecule has 0 aromatic carbocycles. The molecule has 3 N–H and O–H groups in total. The maximum absolute atomic E-state index is 10.6. The first-order valence-corrected chi connectivity index (χ1v) is 6.93. The number of hydrogen-bond donors (Lipinski definition) is 2. The van der Waals surface area contributed by atoms with E-state index in [0.717, 1.165) is 10.9 Å². The summed E-state index contributed by atoms with van der Waals surface area (Å²) >= 11 is 1.79. The quantitative estimate of drug-likeness (QED) is 0.781. The Morgan fingerprint density at radius 2 is 2.19 bits per heavy atom. The van der Waals surface area contributed by atoms with Crippen molar-refractivity contribution in [1.29, 1.82) is 0 Å². The lowest BCUT2D eigenvalue weighted by molar-refractivity contribution is -0.117. The van der Waals surface area contributed by atoms with Gasteiger partial charge in [0.05, 0.1) is 6.54 Å². The van der Waals surface area contributed by atoms with Crippen molar-refractivity contribution >= 4 is 22.8 Å². The van der Waals surface area contributed by atoms with E-state index in [-0.39, 0.29) is 5.91 Å². The molecule has 1 spiro atoms. The molecular weight excluding hydrogens is 222 g/mol. The number of thioether (sulfide) groups is 1. The molecule has 0 aromatic rings. The number of nitrogens with one attached hydrogen (secondary N) is 1. The third-order valence-electron chi connectivity index (χ3n) is 3.28. The topological polar surface area (TPSA) is 67.5 Å². The Kier molecular flexibility index (Phi) is 3.74. The summed E-state index contributed by atoms with van der Waals surface area (Å²) in [5.41, 5.74) is 5.38. The van der Waals surface area contributed by atoms with Crippen LogP contribution < -0.4 is 11.1 Å². The Hall–Kier alpha value is -0.710. The van der Waals surface area contributed by atoms with Gasteiger partial charge in [-0.3, -0.25) is 9.79 Å². The monoisotopic (exact) mass is 241 g/mol. The predicted molar refractivity (Wildman–Crippen MR) is 67.5 cm³/mol. The molecule has 5 heteroatoms. The van der Waals surface area contributed by atoms with Crippen LogP contribution in [0.2, 0.25) is 0 Å². The van der Waals surface area contributed by atoms with E-state index in [4.69, 9.17) is 5.73 Å². The molecule has 0 atom stereocenters. The van der Waals surface area contributed by atoms with Gasteiger partial charge < -0.3 is 11.1 Å². The summed E-state index contributed by atoms with van der Waals surface area (Å²) in [6, 6.07) is 0. The molecular formula is C11H19N3OS. The van der Waals surface area contributed by atoms with Gasteiger partial charge in [-0.25, -0.2) is 0 Å². The minimum absolute atomic E-state index is 0.278. The first-order chi connectivity index (χ1) is 7.70. The van der Waals surface area contributed by atoms with Gasteiger partial charge in [0, 0.05) is 17.7 Å². The standard InChI is InChI=1S/C11H19N3OS/c12-9(15)4-7-13-10-14-11(8-16-10)5-2-1-3-6-11/h1-8H2,(H2,12,15)(H,13,14). The second-order valence-corrected chi connectivity index (χ2v) is 5.62. The van der Waals surface area contributed by atoms with E-state index in [1.165, 1.54) is 32.1 Å². The Labute approximate surface area is 100 Å². The summed E-state index contributed by atoms with van der Waals surface area (Å²) in [6.45, 7) is 0.515. The van der Waals surface area contributed by atoms with Crippen molar-refractivity contribution in [2.45, 2.75) is 44.1 Å². The van der Waals surface area contributed by atoms with E-state index in [2.05, 4.69) is 10.3 Å². The number of nitrogens with zero attached hydrogens (tertiary/aromatic N) is 1. The molecule has 0 bridgehead atoms. The number of hydrogen-bond acceptors (Lipinski definition) is 3. The number of primary amides is 1. The molecule has 0 aromatic heterocycles. The average Bonchev–Trinajstić information content (AvgIpc) is 2.62. The average molecular weight is 241 g/mol. The van der Waals surface area contributed by atoms with Crippen molar-refractivity contribution < 1.29 is 4.79 Å². The van der Waals surface area contributed by atoms with E-state index >= 15 is 0 Å². The summed E-state index contributed by atoms with van der Waals surface area (Å²) in [4.78, 5) is 15.0. The number of aliphatic imine (C=N–C) groups is 1. The minimum Gasteiger partial charge on any atom is -0.370 e. The van der Waals surface area contributed by atoms with Gasteiger partial charge in [0.15, 0.2) is 5.17 Å². The molecule has 1 heterocycles. The smallest absolute Gasteiger partial charge is 0.219 e. The lowest BCUT2D eigenvalue weighted by Gasteiger charge is -2.32. The van der Waals surface area contributed by atoms with Crippen molar-refractivity contribution in [2.75, 3.05) is 12.3 Å². The van der Waals surface area contributed by atoms with Gasteiger partial charge in [-0.2, -0.15) is 0 Å². The Balaban J connectivity index is 1.84. The van der Waals surface area contributed by atoms with Gasteiger partial charge in [0.2, 0.25) is 5.91 Å². The SMILES string of the molecule is NC(=O)CCN=C1NC2(CCCCC2)CS1.